The highest BCUT2D eigenvalue weighted by Crippen LogP contribution is 2.41. The van der Waals surface area contributed by atoms with Gasteiger partial charge in [-0.05, 0) is 63.5 Å². The fourth-order valence-electron chi connectivity index (χ4n) is 9.09. The van der Waals surface area contributed by atoms with E-state index in [1.165, 1.54) is 27.1 Å². The van der Waals surface area contributed by atoms with Gasteiger partial charge in [-0.2, -0.15) is 0 Å². The van der Waals surface area contributed by atoms with Gasteiger partial charge in [-0.3, -0.25) is 9.56 Å². The number of nitrogens with zero attached hydrogens (tertiary/aromatic N) is 5. The quantitative estimate of drug-likeness (QED) is 0.169. The lowest BCUT2D eigenvalue weighted by Gasteiger charge is -2.30. The van der Waals surface area contributed by atoms with Crippen LogP contribution in [-0.2, 0) is 0 Å². The number of aromatic nitrogens is 4. The van der Waals surface area contributed by atoms with Crippen molar-refractivity contribution >= 4 is 38.3 Å². The highest BCUT2D eigenvalue weighted by atomic mass is 15.1. The highest BCUT2D eigenvalue weighted by Gasteiger charge is 2.33. The highest BCUT2D eigenvalue weighted by molar-refractivity contribution is 6.21. The summed E-state index contributed by atoms with van der Waals surface area (Å²) in [7, 11) is 0. The van der Waals surface area contributed by atoms with Gasteiger partial charge in [-0.1, -0.05) is 176 Å². The molecule has 8 aromatic carbocycles. The Labute approximate surface area is 353 Å². The maximum Gasteiger partial charge on any atom is 0.160 e. The lowest BCUT2D eigenvalue weighted by Crippen LogP contribution is -2.26. The topological polar surface area (TPSA) is 56.0 Å². The smallest absolute Gasteiger partial charge is 0.160 e. The first-order valence-electron chi connectivity index (χ1n) is 20.8. The predicted molar refractivity (Wildman–Crippen MR) is 250 cm³/mol. The molecule has 2 unspecified atom stereocenters. The van der Waals surface area contributed by atoms with Crippen LogP contribution in [-0.4, -0.2) is 31.3 Å². The van der Waals surface area contributed by atoms with Crippen LogP contribution in [0.5, 0.6) is 0 Å². The molecule has 5 nitrogen and oxygen atoms in total. The molecule has 0 radical (unpaired) electrons. The second-order valence-electron chi connectivity index (χ2n) is 15.8. The molecule has 0 bridgehead atoms. The number of benzene rings is 8. The van der Waals surface area contributed by atoms with Crippen molar-refractivity contribution in [1.82, 2.24) is 19.5 Å². The number of para-hydroxylation sites is 1. The minimum atomic E-state index is -0.0130. The van der Waals surface area contributed by atoms with E-state index in [4.69, 9.17) is 19.9 Å². The minimum absolute atomic E-state index is 0.0130. The Kier molecular flexibility index (Phi) is 8.23. The van der Waals surface area contributed by atoms with Crippen molar-refractivity contribution in [3.63, 3.8) is 0 Å². The molecule has 12 rings (SSSR count). The SMILES string of the molecule is C1=CC2N=C(c3ccc(-c4nc(-c5ccc6ccccc6c5)cc(-c5ccc6ccccc6c5)n4)cc3)c3c(ccc4c3nc(-c3ccccc3)n4-c3ccccc3)C2C=C1. The summed E-state index contributed by atoms with van der Waals surface area (Å²) in [6.45, 7) is 0. The summed E-state index contributed by atoms with van der Waals surface area (Å²) in [6, 6.07) is 66.2. The van der Waals surface area contributed by atoms with E-state index in [0.717, 1.165) is 73.0 Å². The van der Waals surface area contributed by atoms with E-state index in [2.05, 4.69) is 211 Å². The standard InChI is InChI=1S/C56H37N5/c1-3-15-40(16-4-1)56-60-54-51(61(56)45-19-5-2-6-20-45)32-31-47-46-21-11-12-22-48(46)57-53(52(47)54)38-25-27-39(28-26-38)55-58-49(43-29-23-36-13-7-9-17-41(36)33-43)35-50(59-55)44-30-24-37-14-8-10-18-42(37)34-44/h1-35,46,48H. The van der Waals surface area contributed by atoms with Crippen LogP contribution in [0.2, 0.25) is 0 Å². The second-order valence-corrected chi connectivity index (χ2v) is 15.8. The Morgan fingerprint density at radius 3 is 1.67 bits per heavy atom. The molecule has 0 saturated heterocycles. The summed E-state index contributed by atoms with van der Waals surface area (Å²) in [6.07, 6.45) is 8.74. The lowest BCUT2D eigenvalue weighted by atomic mass is 9.80. The van der Waals surface area contributed by atoms with Crippen LogP contribution in [0.15, 0.2) is 217 Å². The first kappa shape index (κ1) is 35.0. The Hall–Kier alpha value is -8.02. The molecular formula is C56H37N5. The van der Waals surface area contributed by atoms with Gasteiger partial charge < -0.3 is 0 Å². The molecular weight excluding hydrogens is 743 g/mol. The molecule has 1 aliphatic carbocycles. The van der Waals surface area contributed by atoms with Gasteiger partial charge in [0.05, 0.1) is 34.2 Å². The van der Waals surface area contributed by atoms with Crippen LogP contribution in [0, 0.1) is 0 Å². The number of allylic oxidation sites excluding steroid dienone is 2. The summed E-state index contributed by atoms with van der Waals surface area (Å²) in [5, 5.41) is 4.75. The third-order valence-corrected chi connectivity index (χ3v) is 12.1. The number of rotatable bonds is 6. The average Bonchev–Trinajstić information content (AvgIpc) is 3.74. The first-order valence-corrected chi connectivity index (χ1v) is 20.8. The van der Waals surface area contributed by atoms with Crippen molar-refractivity contribution in [2.45, 2.75) is 12.0 Å². The van der Waals surface area contributed by atoms with Gasteiger partial charge in [0.25, 0.3) is 0 Å². The fourth-order valence-corrected chi connectivity index (χ4v) is 9.09. The van der Waals surface area contributed by atoms with Crippen LogP contribution in [0.3, 0.4) is 0 Å². The molecule has 0 N–H and O–H groups in total. The number of fused-ring (bicyclic) bond motifs is 7. The molecule has 0 saturated carbocycles. The minimum Gasteiger partial charge on any atom is -0.292 e. The van der Waals surface area contributed by atoms with Crippen molar-refractivity contribution in [2.24, 2.45) is 4.99 Å². The number of hydrogen-bond donors (Lipinski definition) is 0. The van der Waals surface area contributed by atoms with E-state index in [9.17, 15) is 0 Å². The summed E-state index contributed by atoms with van der Waals surface area (Å²) < 4.78 is 2.28. The van der Waals surface area contributed by atoms with E-state index >= 15 is 0 Å². The molecule has 2 atom stereocenters. The molecule has 5 heteroatoms. The van der Waals surface area contributed by atoms with Gasteiger partial charge >= 0.3 is 0 Å². The summed E-state index contributed by atoms with van der Waals surface area (Å²) in [4.78, 5) is 21.5. The maximum absolute atomic E-state index is 5.51. The van der Waals surface area contributed by atoms with Crippen molar-refractivity contribution in [3.8, 4) is 51.0 Å². The summed E-state index contributed by atoms with van der Waals surface area (Å²) in [5.74, 6) is 1.69. The number of imidazole rings is 1. The van der Waals surface area contributed by atoms with Gasteiger partial charge in [-0.15, -0.1) is 0 Å². The Bertz CT molecular complexity index is 3320. The van der Waals surface area contributed by atoms with E-state index in [0.29, 0.717) is 5.82 Å². The summed E-state index contributed by atoms with van der Waals surface area (Å²) in [5.41, 5.74) is 13.2. The molecule has 0 spiro atoms. The zero-order valence-corrected chi connectivity index (χ0v) is 33.1. The molecule has 3 heterocycles. The molecule has 2 aromatic heterocycles. The van der Waals surface area contributed by atoms with Gasteiger partial charge in [-0.25, -0.2) is 15.0 Å². The van der Waals surface area contributed by atoms with Gasteiger partial charge in [0.2, 0.25) is 0 Å². The van der Waals surface area contributed by atoms with E-state index in [1.54, 1.807) is 0 Å². The third-order valence-electron chi connectivity index (χ3n) is 12.1. The molecule has 0 fully saturated rings. The van der Waals surface area contributed by atoms with Crippen LogP contribution >= 0.6 is 0 Å². The normalized spacial score (nSPS) is 15.5. The average molecular weight is 780 g/mol. The summed E-state index contributed by atoms with van der Waals surface area (Å²) >= 11 is 0. The van der Waals surface area contributed by atoms with Gasteiger partial charge in [0.1, 0.15) is 5.82 Å². The molecule has 0 amide bonds. The van der Waals surface area contributed by atoms with Crippen LogP contribution in [0.1, 0.15) is 22.6 Å². The van der Waals surface area contributed by atoms with Crippen LogP contribution < -0.4 is 0 Å². The third kappa shape index (κ3) is 6.09. The molecule has 2 aliphatic rings. The first-order chi connectivity index (χ1) is 30.2. The molecule has 61 heavy (non-hydrogen) atoms. The van der Waals surface area contributed by atoms with Crippen LogP contribution in [0.4, 0.5) is 0 Å². The Morgan fingerprint density at radius 1 is 0.426 bits per heavy atom. The van der Waals surface area contributed by atoms with E-state index in [-0.39, 0.29) is 12.0 Å². The Balaban J connectivity index is 1.01. The van der Waals surface area contributed by atoms with Crippen molar-refractivity contribution in [3.05, 3.63) is 229 Å². The largest absolute Gasteiger partial charge is 0.292 e. The lowest BCUT2D eigenvalue weighted by molar-refractivity contribution is 0.704. The zero-order valence-electron chi connectivity index (χ0n) is 33.1. The van der Waals surface area contributed by atoms with E-state index < -0.39 is 0 Å². The molecule has 286 valence electrons. The fraction of sp³-hybridized carbons (Fsp3) is 0.0357. The zero-order chi connectivity index (χ0) is 40.3. The van der Waals surface area contributed by atoms with Crippen LogP contribution in [0.25, 0.3) is 83.6 Å². The van der Waals surface area contributed by atoms with Gasteiger partial charge in [0.15, 0.2) is 5.82 Å². The van der Waals surface area contributed by atoms with Crippen molar-refractivity contribution in [1.29, 1.82) is 0 Å². The Morgan fingerprint density at radius 2 is 1.00 bits per heavy atom. The van der Waals surface area contributed by atoms with Crippen molar-refractivity contribution < 1.29 is 0 Å². The van der Waals surface area contributed by atoms with E-state index in [1.807, 2.05) is 6.07 Å². The van der Waals surface area contributed by atoms with Crippen molar-refractivity contribution in [2.75, 3.05) is 0 Å². The molecule has 1 aliphatic heterocycles. The number of aliphatic imine (C=N–C) groups is 1. The number of hydrogen-bond acceptors (Lipinski definition) is 4. The monoisotopic (exact) mass is 779 g/mol. The van der Waals surface area contributed by atoms with Gasteiger partial charge in [0, 0.05) is 45.0 Å². The predicted octanol–water partition coefficient (Wildman–Crippen LogP) is 13.2. The second kappa shape index (κ2) is 14.4. The molecule has 10 aromatic rings. The maximum atomic E-state index is 5.51.